The number of aromatic nitrogens is 2. The molecule has 1 N–H and O–H groups in total. The van der Waals surface area contributed by atoms with E-state index in [-0.39, 0.29) is 17.2 Å². The summed E-state index contributed by atoms with van der Waals surface area (Å²) in [5, 5.41) is 5.16. The Bertz CT molecular complexity index is 1000. The number of nitrogens with one attached hydrogen (secondary N) is 1. The highest BCUT2D eigenvalue weighted by Crippen LogP contribution is 2.22. The average molecular weight is 406 g/mol. The lowest BCUT2D eigenvalue weighted by Gasteiger charge is -2.11. The quantitative estimate of drug-likeness (QED) is 0.458. The number of anilines is 1. The molecule has 0 spiro atoms. The zero-order valence-corrected chi connectivity index (χ0v) is 16.6. The van der Waals surface area contributed by atoms with Gasteiger partial charge in [0.15, 0.2) is 5.16 Å². The lowest BCUT2D eigenvalue weighted by atomic mass is 10.3. The van der Waals surface area contributed by atoms with E-state index < -0.39 is 0 Å². The number of benzene rings is 1. The maximum Gasteiger partial charge on any atom is 0.272 e. The molecule has 3 rings (SSSR count). The molecule has 27 heavy (non-hydrogen) atoms. The molecule has 0 fully saturated rings. The second-order valence-electron chi connectivity index (χ2n) is 5.55. The van der Waals surface area contributed by atoms with E-state index in [1.165, 1.54) is 23.1 Å². The highest BCUT2D eigenvalue weighted by Gasteiger charge is 2.14. The molecule has 0 radical (unpaired) electrons. The van der Waals surface area contributed by atoms with Crippen LogP contribution in [0.4, 0.5) is 5.69 Å². The van der Waals surface area contributed by atoms with Gasteiger partial charge in [0.05, 0.1) is 31.5 Å². The van der Waals surface area contributed by atoms with Crippen LogP contribution in [0.15, 0.2) is 45.7 Å². The molecule has 0 saturated carbocycles. The van der Waals surface area contributed by atoms with E-state index in [1.54, 1.807) is 43.1 Å². The number of rotatable bonds is 8. The van der Waals surface area contributed by atoms with Crippen LogP contribution in [-0.4, -0.2) is 42.0 Å². The number of hydrogen-bond donors (Lipinski definition) is 1. The Labute approximate surface area is 164 Å². The summed E-state index contributed by atoms with van der Waals surface area (Å²) in [4.78, 5) is 29.5. The standard InChI is InChI=1S/C18H19N3O4S2/c1-24-8-7-21-17(23)16-14(6-9-26-16)20-18(21)27-11-15(22)19-12-4-3-5-13(10-12)25-2/h3-6,9-10H,7-8,11H2,1-2H3,(H,19,22). The van der Waals surface area contributed by atoms with Crippen LogP contribution in [0.2, 0.25) is 0 Å². The van der Waals surface area contributed by atoms with E-state index in [1.807, 2.05) is 11.4 Å². The van der Waals surface area contributed by atoms with Gasteiger partial charge in [0.1, 0.15) is 10.4 Å². The van der Waals surface area contributed by atoms with E-state index in [4.69, 9.17) is 9.47 Å². The van der Waals surface area contributed by atoms with Crippen LogP contribution in [-0.2, 0) is 16.1 Å². The number of carbonyl (C=O) groups excluding carboxylic acids is 1. The van der Waals surface area contributed by atoms with Gasteiger partial charge in [-0.25, -0.2) is 4.98 Å². The van der Waals surface area contributed by atoms with E-state index in [9.17, 15) is 9.59 Å². The van der Waals surface area contributed by atoms with Crippen molar-refractivity contribution in [1.29, 1.82) is 0 Å². The number of methoxy groups -OCH3 is 2. The molecule has 0 aliphatic carbocycles. The fourth-order valence-electron chi connectivity index (χ4n) is 2.44. The molecule has 0 aliphatic rings. The highest BCUT2D eigenvalue weighted by molar-refractivity contribution is 7.99. The van der Waals surface area contributed by atoms with Gasteiger partial charge < -0.3 is 14.8 Å². The van der Waals surface area contributed by atoms with Crippen molar-refractivity contribution in [3.05, 3.63) is 46.1 Å². The van der Waals surface area contributed by atoms with Gasteiger partial charge in [-0.05, 0) is 23.6 Å². The number of thioether (sulfide) groups is 1. The zero-order chi connectivity index (χ0) is 19.2. The van der Waals surface area contributed by atoms with Crippen molar-refractivity contribution in [2.45, 2.75) is 11.7 Å². The predicted molar refractivity (Wildman–Crippen MR) is 108 cm³/mol. The molecule has 2 heterocycles. The van der Waals surface area contributed by atoms with Crippen molar-refractivity contribution in [3.63, 3.8) is 0 Å². The summed E-state index contributed by atoms with van der Waals surface area (Å²) in [5.74, 6) is 0.608. The van der Waals surface area contributed by atoms with Gasteiger partial charge in [-0.15, -0.1) is 11.3 Å². The molecule has 9 heteroatoms. The first kappa shape index (κ1) is 19.4. The first-order valence-corrected chi connectivity index (χ1v) is 10.0. The summed E-state index contributed by atoms with van der Waals surface area (Å²) < 4.78 is 12.4. The van der Waals surface area contributed by atoms with Gasteiger partial charge in [0.2, 0.25) is 5.91 Å². The van der Waals surface area contributed by atoms with Crippen molar-refractivity contribution < 1.29 is 14.3 Å². The summed E-state index contributed by atoms with van der Waals surface area (Å²) in [5.41, 5.74) is 1.19. The molecule has 0 saturated heterocycles. The number of nitrogens with zero attached hydrogens (tertiary/aromatic N) is 2. The van der Waals surface area contributed by atoms with Crippen molar-refractivity contribution in [2.24, 2.45) is 0 Å². The van der Waals surface area contributed by atoms with Gasteiger partial charge in [-0.3, -0.25) is 14.2 Å². The van der Waals surface area contributed by atoms with Crippen LogP contribution in [0.1, 0.15) is 0 Å². The van der Waals surface area contributed by atoms with Gasteiger partial charge in [0, 0.05) is 18.9 Å². The van der Waals surface area contributed by atoms with Crippen molar-refractivity contribution in [1.82, 2.24) is 9.55 Å². The third kappa shape index (κ3) is 4.68. The summed E-state index contributed by atoms with van der Waals surface area (Å²) in [6, 6.07) is 8.94. The largest absolute Gasteiger partial charge is 0.497 e. The second kappa shape index (κ2) is 9.03. The predicted octanol–water partition coefficient (Wildman–Crippen LogP) is 2.84. The number of ether oxygens (including phenoxy) is 2. The molecular formula is C18H19N3O4S2. The minimum absolute atomic E-state index is 0.109. The number of fused-ring (bicyclic) bond motifs is 1. The van der Waals surface area contributed by atoms with Crippen LogP contribution in [0.5, 0.6) is 5.75 Å². The van der Waals surface area contributed by atoms with Gasteiger partial charge in [0.25, 0.3) is 5.56 Å². The highest BCUT2D eigenvalue weighted by atomic mass is 32.2. The number of amides is 1. The lowest BCUT2D eigenvalue weighted by molar-refractivity contribution is -0.113. The Morgan fingerprint density at radius 1 is 1.33 bits per heavy atom. The molecular weight excluding hydrogens is 386 g/mol. The molecule has 0 aliphatic heterocycles. The van der Waals surface area contributed by atoms with Crippen LogP contribution in [0, 0.1) is 0 Å². The number of hydrogen-bond acceptors (Lipinski definition) is 7. The van der Waals surface area contributed by atoms with Crippen LogP contribution in [0.3, 0.4) is 0 Å². The average Bonchev–Trinajstić information content (AvgIpc) is 3.15. The minimum Gasteiger partial charge on any atom is -0.497 e. The molecule has 142 valence electrons. The SMILES string of the molecule is COCCn1c(SCC(=O)Nc2cccc(OC)c2)nc2ccsc2c1=O. The maximum atomic E-state index is 12.7. The Morgan fingerprint density at radius 2 is 2.19 bits per heavy atom. The fraction of sp³-hybridized carbons (Fsp3) is 0.278. The van der Waals surface area contributed by atoms with Gasteiger partial charge >= 0.3 is 0 Å². The number of thiophene rings is 1. The van der Waals surface area contributed by atoms with Gasteiger partial charge in [-0.1, -0.05) is 17.8 Å². The van der Waals surface area contributed by atoms with E-state index in [2.05, 4.69) is 10.3 Å². The first-order chi connectivity index (χ1) is 13.1. The molecule has 0 unspecified atom stereocenters. The molecule has 3 aromatic rings. The van der Waals surface area contributed by atoms with Gasteiger partial charge in [-0.2, -0.15) is 0 Å². The number of carbonyl (C=O) groups is 1. The third-order valence-electron chi connectivity index (χ3n) is 3.74. The molecule has 1 amide bonds. The molecule has 1 aromatic carbocycles. The topological polar surface area (TPSA) is 82.4 Å². The zero-order valence-electron chi connectivity index (χ0n) is 14.9. The molecule has 7 nitrogen and oxygen atoms in total. The summed E-state index contributed by atoms with van der Waals surface area (Å²) in [7, 11) is 3.15. The van der Waals surface area contributed by atoms with E-state index in [0.717, 1.165) is 0 Å². The Kier molecular flexibility index (Phi) is 6.49. The van der Waals surface area contributed by atoms with E-state index >= 15 is 0 Å². The second-order valence-corrected chi connectivity index (χ2v) is 7.41. The third-order valence-corrected chi connectivity index (χ3v) is 5.60. The fourth-order valence-corrected chi connectivity index (χ4v) is 4.05. The Morgan fingerprint density at radius 3 is 2.96 bits per heavy atom. The van der Waals surface area contributed by atoms with Crippen LogP contribution in [0.25, 0.3) is 10.2 Å². The summed E-state index contributed by atoms with van der Waals surface area (Å²) in [6.45, 7) is 0.776. The summed E-state index contributed by atoms with van der Waals surface area (Å²) >= 11 is 2.59. The first-order valence-electron chi connectivity index (χ1n) is 8.16. The monoisotopic (exact) mass is 405 g/mol. The minimum atomic E-state index is -0.189. The van der Waals surface area contributed by atoms with Crippen LogP contribution >= 0.6 is 23.1 Å². The maximum absolute atomic E-state index is 12.7. The van der Waals surface area contributed by atoms with Crippen LogP contribution < -0.4 is 15.6 Å². The van der Waals surface area contributed by atoms with E-state index in [0.29, 0.717) is 40.0 Å². The van der Waals surface area contributed by atoms with Crippen molar-refractivity contribution >= 4 is 44.9 Å². The van der Waals surface area contributed by atoms with Crippen molar-refractivity contribution in [3.8, 4) is 5.75 Å². The van der Waals surface area contributed by atoms with Crippen molar-refractivity contribution in [2.75, 3.05) is 31.9 Å². The normalized spacial score (nSPS) is 10.9. The molecule has 0 atom stereocenters. The Balaban J connectivity index is 1.75. The Hall–Kier alpha value is -2.36. The summed E-state index contributed by atoms with van der Waals surface area (Å²) in [6.07, 6.45) is 0. The molecule has 0 bridgehead atoms. The lowest BCUT2D eigenvalue weighted by Crippen LogP contribution is -2.25. The smallest absolute Gasteiger partial charge is 0.272 e. The molecule has 2 aromatic heterocycles.